The molecule has 8 heteroatoms. The van der Waals surface area contributed by atoms with E-state index in [1.807, 2.05) is 0 Å². The van der Waals surface area contributed by atoms with E-state index in [1.54, 1.807) is 12.1 Å². The van der Waals surface area contributed by atoms with Crippen molar-refractivity contribution in [2.75, 3.05) is 4.72 Å². The second-order valence-corrected chi connectivity index (χ2v) is 6.88. The van der Waals surface area contributed by atoms with Gasteiger partial charge in [-0.25, -0.2) is 17.8 Å². The van der Waals surface area contributed by atoms with Crippen molar-refractivity contribution in [2.45, 2.75) is 4.90 Å². The first-order valence-corrected chi connectivity index (χ1v) is 8.06. The fourth-order valence-electron chi connectivity index (χ4n) is 1.31. The van der Waals surface area contributed by atoms with Crippen molar-refractivity contribution in [3.8, 4) is 0 Å². The Bertz CT molecular complexity index is 722. The molecule has 0 fully saturated rings. The van der Waals surface area contributed by atoms with E-state index in [1.165, 1.54) is 18.2 Å². The second-order valence-electron chi connectivity index (χ2n) is 3.53. The number of anilines is 1. The van der Waals surface area contributed by atoms with E-state index >= 15 is 0 Å². The van der Waals surface area contributed by atoms with E-state index in [-0.39, 0.29) is 15.2 Å². The van der Waals surface area contributed by atoms with Crippen LogP contribution in [0.15, 0.2) is 50.4 Å². The van der Waals surface area contributed by atoms with Gasteiger partial charge in [-0.1, -0.05) is 6.07 Å². The van der Waals surface area contributed by atoms with Gasteiger partial charge in [0.25, 0.3) is 10.0 Å². The van der Waals surface area contributed by atoms with Gasteiger partial charge < -0.3 is 0 Å². The molecule has 2 rings (SSSR count). The van der Waals surface area contributed by atoms with Crippen LogP contribution in [-0.4, -0.2) is 13.4 Å². The van der Waals surface area contributed by atoms with Gasteiger partial charge in [-0.3, -0.25) is 4.72 Å². The molecule has 0 radical (unpaired) electrons. The van der Waals surface area contributed by atoms with Crippen LogP contribution in [0.1, 0.15) is 0 Å². The van der Waals surface area contributed by atoms with Gasteiger partial charge in [-0.05, 0) is 62.2 Å². The molecule has 100 valence electrons. The lowest BCUT2D eigenvalue weighted by atomic mass is 10.3. The molecule has 0 bridgehead atoms. The Morgan fingerprint density at radius 2 is 1.89 bits per heavy atom. The van der Waals surface area contributed by atoms with Crippen molar-refractivity contribution in [1.82, 2.24) is 4.98 Å². The molecule has 0 spiro atoms. The monoisotopic (exact) mass is 408 g/mol. The number of nitrogens with one attached hydrogen (secondary N) is 1. The van der Waals surface area contributed by atoms with Gasteiger partial charge >= 0.3 is 0 Å². The molecule has 0 aliphatic rings. The molecule has 0 aliphatic carbocycles. The SMILES string of the molecule is O=S(=O)(Nc1cccc(Br)n1)c1ccc(Br)c(F)c1. The minimum atomic E-state index is -3.86. The molecule has 0 saturated heterocycles. The van der Waals surface area contributed by atoms with E-state index in [0.717, 1.165) is 6.07 Å². The molecule has 0 atom stereocenters. The molecule has 19 heavy (non-hydrogen) atoms. The van der Waals surface area contributed by atoms with Crippen LogP contribution >= 0.6 is 31.9 Å². The van der Waals surface area contributed by atoms with E-state index in [2.05, 4.69) is 41.6 Å². The molecular weight excluding hydrogens is 403 g/mol. The topological polar surface area (TPSA) is 59.1 Å². The predicted molar refractivity (Wildman–Crippen MR) is 76.8 cm³/mol. The summed E-state index contributed by atoms with van der Waals surface area (Å²) in [5.41, 5.74) is 0. The van der Waals surface area contributed by atoms with Crippen LogP contribution in [0.5, 0.6) is 0 Å². The molecule has 0 aliphatic heterocycles. The predicted octanol–water partition coefficient (Wildman–Crippen LogP) is 3.55. The zero-order chi connectivity index (χ0) is 14.0. The highest BCUT2D eigenvalue weighted by atomic mass is 79.9. The van der Waals surface area contributed by atoms with Crippen molar-refractivity contribution in [1.29, 1.82) is 0 Å². The average molecular weight is 410 g/mol. The van der Waals surface area contributed by atoms with Gasteiger partial charge in [0.1, 0.15) is 16.2 Å². The molecule has 2 aromatic rings. The smallest absolute Gasteiger partial charge is 0.263 e. The lowest BCUT2D eigenvalue weighted by Crippen LogP contribution is -2.14. The molecule has 0 saturated carbocycles. The second kappa shape index (κ2) is 5.56. The van der Waals surface area contributed by atoms with Crippen LogP contribution in [0.3, 0.4) is 0 Å². The van der Waals surface area contributed by atoms with Crippen LogP contribution in [0, 0.1) is 5.82 Å². The van der Waals surface area contributed by atoms with Gasteiger partial charge in [0.05, 0.1) is 9.37 Å². The Morgan fingerprint density at radius 3 is 2.53 bits per heavy atom. The highest BCUT2D eigenvalue weighted by Crippen LogP contribution is 2.21. The third-order valence-electron chi connectivity index (χ3n) is 2.16. The summed E-state index contributed by atoms with van der Waals surface area (Å²) in [5.74, 6) is -0.497. The summed E-state index contributed by atoms with van der Waals surface area (Å²) in [7, 11) is -3.86. The first-order chi connectivity index (χ1) is 8.88. The Balaban J connectivity index is 2.35. The number of sulfonamides is 1. The molecule has 0 amide bonds. The Labute approximate surface area is 126 Å². The first kappa shape index (κ1) is 14.4. The molecule has 1 aromatic carbocycles. The van der Waals surface area contributed by atoms with Gasteiger partial charge in [-0.15, -0.1) is 0 Å². The zero-order valence-electron chi connectivity index (χ0n) is 9.27. The number of hydrogen-bond acceptors (Lipinski definition) is 3. The number of aromatic nitrogens is 1. The summed E-state index contributed by atoms with van der Waals surface area (Å²) in [6.07, 6.45) is 0. The largest absolute Gasteiger partial charge is 0.263 e. The molecule has 1 heterocycles. The normalized spacial score (nSPS) is 11.3. The Morgan fingerprint density at radius 1 is 1.16 bits per heavy atom. The fraction of sp³-hybridized carbons (Fsp3) is 0. The number of benzene rings is 1. The van der Waals surface area contributed by atoms with Crippen molar-refractivity contribution in [3.05, 3.63) is 51.3 Å². The quantitative estimate of drug-likeness (QED) is 0.788. The summed E-state index contributed by atoms with van der Waals surface area (Å²) >= 11 is 6.10. The lowest BCUT2D eigenvalue weighted by molar-refractivity contribution is 0.593. The summed E-state index contributed by atoms with van der Waals surface area (Å²) in [5, 5.41) is 0. The van der Waals surface area contributed by atoms with Gasteiger partial charge in [0, 0.05) is 0 Å². The summed E-state index contributed by atoms with van der Waals surface area (Å²) in [6.45, 7) is 0. The Kier molecular flexibility index (Phi) is 4.22. The van der Waals surface area contributed by atoms with Crippen LogP contribution in [-0.2, 0) is 10.0 Å². The minimum absolute atomic E-state index is 0.151. The summed E-state index contributed by atoms with van der Waals surface area (Å²) in [6, 6.07) is 8.36. The third kappa shape index (κ3) is 3.52. The van der Waals surface area contributed by atoms with E-state index < -0.39 is 15.8 Å². The van der Waals surface area contributed by atoms with Crippen LogP contribution in [0.25, 0.3) is 0 Å². The maximum Gasteiger partial charge on any atom is 0.263 e. The van der Waals surface area contributed by atoms with E-state index in [4.69, 9.17) is 0 Å². The molecule has 0 unspecified atom stereocenters. The highest BCUT2D eigenvalue weighted by molar-refractivity contribution is 9.10. The van der Waals surface area contributed by atoms with E-state index in [9.17, 15) is 12.8 Å². The minimum Gasteiger partial charge on any atom is -0.263 e. The standard InChI is InChI=1S/C11H7Br2FN2O2S/c12-8-5-4-7(6-9(8)14)19(17,18)16-11-3-1-2-10(13)15-11/h1-6H,(H,15,16). The zero-order valence-corrected chi connectivity index (χ0v) is 13.3. The van der Waals surface area contributed by atoms with Gasteiger partial charge in [-0.2, -0.15) is 0 Å². The van der Waals surface area contributed by atoms with Crippen molar-refractivity contribution in [2.24, 2.45) is 0 Å². The van der Waals surface area contributed by atoms with Gasteiger partial charge in [0.15, 0.2) is 0 Å². The summed E-state index contributed by atoms with van der Waals surface area (Å²) in [4.78, 5) is 3.78. The van der Waals surface area contributed by atoms with Crippen molar-refractivity contribution >= 4 is 47.7 Å². The number of hydrogen-bond donors (Lipinski definition) is 1. The number of nitrogens with zero attached hydrogens (tertiary/aromatic N) is 1. The number of rotatable bonds is 3. The van der Waals surface area contributed by atoms with Crippen LogP contribution in [0.2, 0.25) is 0 Å². The van der Waals surface area contributed by atoms with Gasteiger partial charge in [0.2, 0.25) is 0 Å². The lowest BCUT2D eigenvalue weighted by Gasteiger charge is -2.08. The maximum absolute atomic E-state index is 13.4. The fourth-order valence-corrected chi connectivity index (χ4v) is 2.91. The molecule has 4 nitrogen and oxygen atoms in total. The number of halogens is 3. The highest BCUT2D eigenvalue weighted by Gasteiger charge is 2.16. The Hall–Kier alpha value is -0.990. The molecule has 1 N–H and O–H groups in total. The molecule has 1 aromatic heterocycles. The van der Waals surface area contributed by atoms with Crippen LogP contribution in [0.4, 0.5) is 10.2 Å². The number of pyridine rings is 1. The summed E-state index contributed by atoms with van der Waals surface area (Å²) < 4.78 is 40.4. The average Bonchev–Trinajstić information content (AvgIpc) is 2.32. The van der Waals surface area contributed by atoms with Crippen molar-refractivity contribution in [3.63, 3.8) is 0 Å². The van der Waals surface area contributed by atoms with E-state index in [0.29, 0.717) is 4.60 Å². The third-order valence-corrected chi connectivity index (χ3v) is 4.59. The van der Waals surface area contributed by atoms with Crippen molar-refractivity contribution < 1.29 is 12.8 Å². The van der Waals surface area contributed by atoms with Crippen LogP contribution < -0.4 is 4.72 Å². The first-order valence-electron chi connectivity index (χ1n) is 4.99. The molecular formula is C11H7Br2FN2O2S. The maximum atomic E-state index is 13.4.